The fourth-order valence-corrected chi connectivity index (χ4v) is 2.19. The molecule has 0 spiro atoms. The van der Waals surface area contributed by atoms with Gasteiger partial charge in [-0.1, -0.05) is 37.0 Å². The van der Waals surface area contributed by atoms with Gasteiger partial charge in [-0.2, -0.15) is 0 Å². The zero-order chi connectivity index (χ0) is 15.3. The quantitative estimate of drug-likeness (QED) is 0.812. The molecule has 1 aromatic carbocycles. The summed E-state index contributed by atoms with van der Waals surface area (Å²) in [6.45, 7) is 7.22. The predicted molar refractivity (Wildman–Crippen MR) is 82.3 cm³/mol. The van der Waals surface area contributed by atoms with Gasteiger partial charge in [0.2, 0.25) is 0 Å². The molecule has 1 atom stereocenters. The molecule has 4 nitrogen and oxygen atoms in total. The summed E-state index contributed by atoms with van der Waals surface area (Å²) in [6, 6.07) is 3.35. The van der Waals surface area contributed by atoms with Crippen LogP contribution in [0.1, 0.15) is 26.3 Å². The number of ether oxygens (including phenoxy) is 1. The van der Waals surface area contributed by atoms with Crippen molar-refractivity contribution in [2.75, 3.05) is 6.54 Å². The molecule has 0 aromatic heterocycles. The van der Waals surface area contributed by atoms with Gasteiger partial charge in [0.1, 0.15) is 5.75 Å². The predicted octanol–water partition coefficient (Wildman–Crippen LogP) is 2.99. The second kappa shape index (κ2) is 7.72. The first-order valence-corrected chi connectivity index (χ1v) is 7.21. The Hall–Kier alpha value is -0.970. The van der Waals surface area contributed by atoms with E-state index in [0.717, 1.165) is 12.1 Å². The second-order valence-electron chi connectivity index (χ2n) is 5.06. The fraction of sp³-hybridized carbons (Fsp3) is 0.500. The van der Waals surface area contributed by atoms with E-state index in [9.17, 15) is 4.79 Å². The van der Waals surface area contributed by atoms with E-state index in [1.54, 1.807) is 19.1 Å². The van der Waals surface area contributed by atoms with E-state index in [1.807, 2.05) is 0 Å². The molecule has 0 aliphatic carbocycles. The van der Waals surface area contributed by atoms with Gasteiger partial charge in [-0.25, -0.2) is 0 Å². The number of hydrogen-bond donors (Lipinski definition) is 2. The smallest absolute Gasteiger partial charge is 0.258 e. The first-order valence-electron chi connectivity index (χ1n) is 6.45. The van der Waals surface area contributed by atoms with Gasteiger partial charge in [0.25, 0.3) is 5.91 Å². The number of nitrogens with one attached hydrogen (secondary N) is 1. The number of nitrogens with two attached hydrogens (primary N) is 1. The van der Waals surface area contributed by atoms with Crippen molar-refractivity contribution in [3.63, 3.8) is 0 Å². The van der Waals surface area contributed by atoms with Crippen LogP contribution in [0.2, 0.25) is 10.0 Å². The lowest BCUT2D eigenvalue weighted by Gasteiger charge is -2.17. The number of hydrogen-bond acceptors (Lipinski definition) is 3. The second-order valence-corrected chi connectivity index (χ2v) is 5.91. The Labute approximate surface area is 129 Å². The van der Waals surface area contributed by atoms with Crippen LogP contribution in [0.4, 0.5) is 0 Å². The molecule has 0 bridgehead atoms. The van der Waals surface area contributed by atoms with Gasteiger partial charge in [0.15, 0.2) is 6.10 Å². The molecule has 0 aliphatic heterocycles. The Bertz CT molecular complexity index is 478. The van der Waals surface area contributed by atoms with E-state index in [4.69, 9.17) is 33.7 Å². The number of primary amides is 1. The van der Waals surface area contributed by atoms with E-state index in [1.165, 1.54) is 0 Å². The Morgan fingerprint density at radius 1 is 1.35 bits per heavy atom. The summed E-state index contributed by atoms with van der Waals surface area (Å²) in [7, 11) is 0. The molecule has 6 heteroatoms. The Morgan fingerprint density at radius 3 is 2.55 bits per heavy atom. The number of amides is 1. The minimum absolute atomic E-state index is 0.368. The molecule has 1 unspecified atom stereocenters. The zero-order valence-corrected chi connectivity index (χ0v) is 13.4. The zero-order valence-electron chi connectivity index (χ0n) is 11.9. The van der Waals surface area contributed by atoms with E-state index >= 15 is 0 Å². The highest BCUT2D eigenvalue weighted by Crippen LogP contribution is 2.33. The highest BCUT2D eigenvalue weighted by atomic mass is 35.5. The van der Waals surface area contributed by atoms with Crippen molar-refractivity contribution in [3.8, 4) is 5.75 Å². The molecule has 0 fully saturated rings. The van der Waals surface area contributed by atoms with Gasteiger partial charge in [-0.3, -0.25) is 4.79 Å². The van der Waals surface area contributed by atoms with E-state index in [-0.39, 0.29) is 0 Å². The van der Waals surface area contributed by atoms with Crippen molar-refractivity contribution < 1.29 is 9.53 Å². The lowest BCUT2D eigenvalue weighted by molar-refractivity contribution is -0.123. The number of carbonyl (C=O) groups excluding carboxylic acids is 1. The van der Waals surface area contributed by atoms with Crippen LogP contribution in [0, 0.1) is 5.92 Å². The molecular formula is C14H20Cl2N2O2. The van der Waals surface area contributed by atoms with E-state index in [0.29, 0.717) is 28.3 Å². The molecule has 0 saturated carbocycles. The lowest BCUT2D eigenvalue weighted by atomic mass is 10.1. The summed E-state index contributed by atoms with van der Waals surface area (Å²) in [5.74, 6) is 0.425. The van der Waals surface area contributed by atoms with Crippen LogP contribution in [0.3, 0.4) is 0 Å². The molecule has 0 heterocycles. The van der Waals surface area contributed by atoms with Gasteiger partial charge >= 0.3 is 0 Å². The van der Waals surface area contributed by atoms with Crippen LogP contribution < -0.4 is 15.8 Å². The Balaban J connectivity index is 2.92. The van der Waals surface area contributed by atoms with Gasteiger partial charge < -0.3 is 15.8 Å². The topological polar surface area (TPSA) is 64.3 Å². The highest BCUT2D eigenvalue weighted by molar-refractivity contribution is 6.35. The van der Waals surface area contributed by atoms with Crippen molar-refractivity contribution in [2.45, 2.75) is 33.4 Å². The van der Waals surface area contributed by atoms with Crippen molar-refractivity contribution in [3.05, 3.63) is 27.7 Å². The number of carbonyl (C=O) groups is 1. The number of benzene rings is 1. The molecule has 0 radical (unpaired) electrons. The van der Waals surface area contributed by atoms with Gasteiger partial charge in [0.05, 0.1) is 5.02 Å². The molecule has 0 aliphatic rings. The summed E-state index contributed by atoms with van der Waals surface area (Å²) in [6.07, 6.45) is -0.752. The third-order valence-corrected chi connectivity index (χ3v) is 3.15. The summed E-state index contributed by atoms with van der Waals surface area (Å²) in [4.78, 5) is 11.1. The first kappa shape index (κ1) is 17.1. The van der Waals surface area contributed by atoms with Crippen molar-refractivity contribution in [2.24, 2.45) is 11.7 Å². The molecule has 112 valence electrons. The van der Waals surface area contributed by atoms with Crippen molar-refractivity contribution >= 4 is 29.1 Å². The largest absolute Gasteiger partial charge is 0.479 e. The SMILES string of the molecule is CC(C)CNCc1cc(Cl)cc(Cl)c1OC(C)C(N)=O. The third kappa shape index (κ3) is 5.19. The average molecular weight is 319 g/mol. The monoisotopic (exact) mass is 318 g/mol. The first-order chi connectivity index (χ1) is 9.31. The third-order valence-electron chi connectivity index (χ3n) is 2.65. The maximum Gasteiger partial charge on any atom is 0.258 e. The summed E-state index contributed by atoms with van der Waals surface area (Å²) in [5.41, 5.74) is 6.01. The fourth-order valence-electron chi connectivity index (χ4n) is 1.61. The molecule has 1 amide bonds. The molecule has 1 rings (SSSR count). The van der Waals surface area contributed by atoms with Crippen LogP contribution in [-0.4, -0.2) is 18.6 Å². The van der Waals surface area contributed by atoms with Gasteiger partial charge in [0, 0.05) is 17.1 Å². The Morgan fingerprint density at radius 2 is 2.00 bits per heavy atom. The van der Waals surface area contributed by atoms with Crippen LogP contribution in [0.15, 0.2) is 12.1 Å². The minimum Gasteiger partial charge on any atom is -0.479 e. The van der Waals surface area contributed by atoms with Crippen LogP contribution in [0.5, 0.6) is 5.75 Å². The number of halogens is 2. The number of rotatable bonds is 7. The van der Waals surface area contributed by atoms with Crippen LogP contribution in [-0.2, 0) is 11.3 Å². The maximum atomic E-state index is 11.1. The van der Waals surface area contributed by atoms with Gasteiger partial charge in [-0.15, -0.1) is 0 Å². The Kier molecular flexibility index (Phi) is 6.59. The molecule has 20 heavy (non-hydrogen) atoms. The van der Waals surface area contributed by atoms with Crippen LogP contribution in [0.25, 0.3) is 0 Å². The summed E-state index contributed by atoms with van der Waals surface area (Å²) in [5, 5.41) is 4.18. The summed E-state index contributed by atoms with van der Waals surface area (Å²) >= 11 is 12.1. The summed E-state index contributed by atoms with van der Waals surface area (Å²) < 4.78 is 5.55. The molecular weight excluding hydrogens is 299 g/mol. The molecule has 3 N–H and O–H groups in total. The van der Waals surface area contributed by atoms with Crippen molar-refractivity contribution in [1.82, 2.24) is 5.32 Å². The van der Waals surface area contributed by atoms with Gasteiger partial charge in [-0.05, 0) is 31.5 Å². The highest BCUT2D eigenvalue weighted by Gasteiger charge is 2.17. The van der Waals surface area contributed by atoms with Crippen LogP contribution >= 0.6 is 23.2 Å². The van der Waals surface area contributed by atoms with E-state index in [2.05, 4.69) is 19.2 Å². The lowest BCUT2D eigenvalue weighted by Crippen LogP contribution is -2.31. The molecule has 0 saturated heterocycles. The normalized spacial score (nSPS) is 12.5. The average Bonchev–Trinajstić information content (AvgIpc) is 2.32. The minimum atomic E-state index is -0.752. The maximum absolute atomic E-state index is 11.1. The standard InChI is InChI=1S/C14H20Cl2N2O2/c1-8(2)6-18-7-10-4-11(15)5-12(16)13(10)20-9(3)14(17)19/h4-5,8-9,18H,6-7H2,1-3H3,(H2,17,19). The molecule has 1 aromatic rings. The van der Waals surface area contributed by atoms with Crippen molar-refractivity contribution in [1.29, 1.82) is 0 Å². The van der Waals surface area contributed by atoms with E-state index < -0.39 is 12.0 Å².